The van der Waals surface area contributed by atoms with Crippen LogP contribution < -0.4 is 5.32 Å². The number of nitrogens with one attached hydrogen (secondary N) is 1. The van der Waals surface area contributed by atoms with Gasteiger partial charge in [-0.1, -0.05) is 41.9 Å². The summed E-state index contributed by atoms with van der Waals surface area (Å²) in [7, 11) is -3.37. The minimum atomic E-state index is -3.37. The number of hydrogen-bond donors (Lipinski definition) is 1. The second-order valence-corrected chi connectivity index (χ2v) is 10.2. The van der Waals surface area contributed by atoms with Crippen LogP contribution >= 0.6 is 11.6 Å². The highest BCUT2D eigenvalue weighted by Crippen LogP contribution is 2.39. The molecular formula is C21H23ClN2O3S. The summed E-state index contributed by atoms with van der Waals surface area (Å²) in [6.45, 7) is 0.428. The molecule has 0 aromatic heterocycles. The molecule has 2 aliphatic rings. The number of amides is 2. The lowest BCUT2D eigenvalue weighted by Gasteiger charge is -2.38. The van der Waals surface area contributed by atoms with Crippen LogP contribution in [0.15, 0.2) is 59.5 Å². The monoisotopic (exact) mass is 418 g/mol. The van der Waals surface area contributed by atoms with Crippen LogP contribution in [0.4, 0.5) is 4.79 Å². The first-order valence-corrected chi connectivity index (χ1v) is 11.5. The molecule has 2 aromatic carbocycles. The standard InChI is InChI=1S/C21H23ClN2O3S/c22-16-8-6-15(7-9-16)14-23-21(25)24-17-10-11-18(24)13-20(12-17)28(26,27)19-4-2-1-3-5-19/h1-9,17-18,20H,10-14H2,(H,23,25). The van der Waals surface area contributed by atoms with Crippen molar-refractivity contribution in [1.29, 1.82) is 0 Å². The SMILES string of the molecule is O=C(NCc1ccc(Cl)cc1)N1C2CCC1CC(S(=O)(=O)c1ccccc1)C2. The molecule has 2 saturated heterocycles. The number of fused-ring (bicyclic) bond motifs is 2. The van der Waals surface area contributed by atoms with Crippen molar-refractivity contribution in [3.05, 3.63) is 65.2 Å². The van der Waals surface area contributed by atoms with Crippen LogP contribution in [0, 0.1) is 0 Å². The van der Waals surface area contributed by atoms with Crippen molar-refractivity contribution < 1.29 is 13.2 Å². The summed E-state index contributed by atoms with van der Waals surface area (Å²) in [4.78, 5) is 15.0. The van der Waals surface area contributed by atoms with Crippen molar-refractivity contribution in [3.8, 4) is 0 Å². The van der Waals surface area contributed by atoms with Crippen LogP contribution in [0.1, 0.15) is 31.2 Å². The van der Waals surface area contributed by atoms with E-state index in [0.29, 0.717) is 29.3 Å². The van der Waals surface area contributed by atoms with E-state index in [1.807, 2.05) is 23.1 Å². The number of carbonyl (C=O) groups excluding carboxylic acids is 1. The maximum Gasteiger partial charge on any atom is 0.318 e. The molecule has 2 amide bonds. The van der Waals surface area contributed by atoms with E-state index in [1.165, 1.54) is 0 Å². The molecule has 0 saturated carbocycles. The molecule has 7 heteroatoms. The molecule has 4 rings (SSSR count). The molecule has 2 unspecified atom stereocenters. The zero-order valence-electron chi connectivity index (χ0n) is 15.4. The molecule has 0 aliphatic carbocycles. The van der Waals surface area contributed by atoms with E-state index in [2.05, 4.69) is 5.32 Å². The highest BCUT2D eigenvalue weighted by molar-refractivity contribution is 7.92. The molecule has 2 atom stereocenters. The van der Waals surface area contributed by atoms with Gasteiger partial charge in [-0.2, -0.15) is 0 Å². The molecule has 0 spiro atoms. The van der Waals surface area contributed by atoms with E-state index in [4.69, 9.17) is 11.6 Å². The summed E-state index contributed by atoms with van der Waals surface area (Å²) < 4.78 is 26.0. The molecule has 148 valence electrons. The number of carbonyl (C=O) groups is 1. The Kier molecular flexibility index (Phi) is 5.34. The summed E-state index contributed by atoms with van der Waals surface area (Å²) in [5.41, 5.74) is 0.978. The van der Waals surface area contributed by atoms with Crippen molar-refractivity contribution in [2.45, 2.75) is 54.5 Å². The van der Waals surface area contributed by atoms with Gasteiger partial charge in [0.15, 0.2) is 9.84 Å². The lowest BCUT2D eigenvalue weighted by molar-refractivity contribution is 0.147. The van der Waals surface area contributed by atoms with Crippen LogP contribution in [0.2, 0.25) is 5.02 Å². The molecule has 1 N–H and O–H groups in total. The quantitative estimate of drug-likeness (QED) is 0.815. The van der Waals surface area contributed by atoms with Crippen molar-refractivity contribution in [2.24, 2.45) is 0 Å². The van der Waals surface area contributed by atoms with Gasteiger partial charge >= 0.3 is 6.03 Å². The van der Waals surface area contributed by atoms with Gasteiger partial charge in [0, 0.05) is 23.7 Å². The molecule has 2 bridgehead atoms. The number of halogens is 1. The van der Waals surface area contributed by atoms with Crippen molar-refractivity contribution in [3.63, 3.8) is 0 Å². The average Bonchev–Trinajstić information content (AvgIpc) is 2.97. The number of rotatable bonds is 4. The maximum absolute atomic E-state index is 13.0. The number of benzene rings is 2. The highest BCUT2D eigenvalue weighted by atomic mass is 35.5. The minimum Gasteiger partial charge on any atom is -0.334 e. The zero-order chi connectivity index (χ0) is 19.7. The van der Waals surface area contributed by atoms with Crippen LogP contribution in [0.3, 0.4) is 0 Å². The Morgan fingerprint density at radius 1 is 1.00 bits per heavy atom. The summed E-state index contributed by atoms with van der Waals surface area (Å²) in [5, 5.41) is 3.21. The Morgan fingerprint density at radius 2 is 1.61 bits per heavy atom. The van der Waals surface area contributed by atoms with Crippen LogP contribution in [0.5, 0.6) is 0 Å². The highest BCUT2D eigenvalue weighted by Gasteiger charge is 2.47. The molecule has 2 heterocycles. The number of nitrogens with zero attached hydrogens (tertiary/aromatic N) is 1. The van der Waals surface area contributed by atoms with E-state index in [1.54, 1.807) is 36.4 Å². The minimum absolute atomic E-state index is 0.0209. The first-order chi connectivity index (χ1) is 13.4. The number of hydrogen-bond acceptors (Lipinski definition) is 3. The fraction of sp³-hybridized carbons (Fsp3) is 0.381. The maximum atomic E-state index is 13.0. The lowest BCUT2D eigenvalue weighted by Crippen LogP contribution is -2.52. The van der Waals surface area contributed by atoms with Crippen molar-refractivity contribution >= 4 is 27.5 Å². The van der Waals surface area contributed by atoms with Gasteiger partial charge in [0.1, 0.15) is 0 Å². The van der Waals surface area contributed by atoms with Gasteiger partial charge in [0.2, 0.25) is 0 Å². The third-order valence-corrected chi connectivity index (χ3v) is 8.24. The molecule has 2 aliphatic heterocycles. The first-order valence-electron chi connectivity index (χ1n) is 9.54. The lowest BCUT2D eigenvalue weighted by atomic mass is 10.0. The second kappa shape index (κ2) is 7.76. The van der Waals surface area contributed by atoms with Crippen molar-refractivity contribution in [2.75, 3.05) is 0 Å². The first kappa shape index (κ1) is 19.3. The Labute approximate surface area is 170 Å². The summed E-state index contributed by atoms with van der Waals surface area (Å²) in [5.74, 6) is 0. The summed E-state index contributed by atoms with van der Waals surface area (Å²) in [6.07, 6.45) is 2.73. The van der Waals surface area contributed by atoms with Gasteiger partial charge in [-0.15, -0.1) is 0 Å². The third kappa shape index (κ3) is 3.76. The Balaban J connectivity index is 1.42. The fourth-order valence-electron chi connectivity index (χ4n) is 4.39. The van der Waals surface area contributed by atoms with Crippen LogP contribution in [0.25, 0.3) is 0 Å². The fourth-order valence-corrected chi connectivity index (χ4v) is 6.38. The number of sulfone groups is 1. The smallest absolute Gasteiger partial charge is 0.318 e. The molecule has 5 nitrogen and oxygen atoms in total. The van der Waals surface area contributed by atoms with Gasteiger partial charge in [0.05, 0.1) is 10.1 Å². The number of urea groups is 1. The van der Waals surface area contributed by atoms with E-state index in [-0.39, 0.29) is 18.1 Å². The van der Waals surface area contributed by atoms with Gasteiger partial charge in [-0.05, 0) is 55.5 Å². The number of piperidine rings is 1. The van der Waals surface area contributed by atoms with E-state index < -0.39 is 15.1 Å². The van der Waals surface area contributed by atoms with Gasteiger partial charge in [0.25, 0.3) is 0 Å². The molecule has 2 aromatic rings. The average molecular weight is 419 g/mol. The van der Waals surface area contributed by atoms with E-state index in [9.17, 15) is 13.2 Å². The summed E-state index contributed by atoms with van der Waals surface area (Å²) >= 11 is 5.89. The topological polar surface area (TPSA) is 66.5 Å². The predicted octanol–water partition coefficient (Wildman–Crippen LogP) is 4.02. The third-order valence-electron chi connectivity index (χ3n) is 5.79. The molecule has 0 radical (unpaired) electrons. The van der Waals surface area contributed by atoms with Gasteiger partial charge < -0.3 is 10.2 Å². The van der Waals surface area contributed by atoms with Gasteiger partial charge in [-0.25, -0.2) is 13.2 Å². The van der Waals surface area contributed by atoms with Crippen LogP contribution in [-0.4, -0.2) is 36.7 Å². The predicted molar refractivity (Wildman–Crippen MR) is 109 cm³/mol. The Bertz CT molecular complexity index is 933. The van der Waals surface area contributed by atoms with Crippen LogP contribution in [-0.2, 0) is 16.4 Å². The van der Waals surface area contributed by atoms with E-state index >= 15 is 0 Å². The Morgan fingerprint density at radius 3 is 2.21 bits per heavy atom. The molecular weight excluding hydrogens is 396 g/mol. The van der Waals surface area contributed by atoms with E-state index in [0.717, 1.165) is 18.4 Å². The largest absolute Gasteiger partial charge is 0.334 e. The normalized spacial score (nSPS) is 24.2. The molecule has 2 fully saturated rings. The zero-order valence-corrected chi connectivity index (χ0v) is 17.0. The summed E-state index contributed by atoms with van der Waals surface area (Å²) in [6, 6.07) is 15.8. The second-order valence-electron chi connectivity index (χ2n) is 7.53. The van der Waals surface area contributed by atoms with Gasteiger partial charge in [-0.3, -0.25) is 0 Å². The molecule has 28 heavy (non-hydrogen) atoms. The Hall–Kier alpha value is -2.05. The van der Waals surface area contributed by atoms with Crippen molar-refractivity contribution in [1.82, 2.24) is 10.2 Å².